The largest absolute Gasteiger partial charge is 0.456 e. The van der Waals surface area contributed by atoms with Crippen LogP contribution in [0.1, 0.15) is 24.7 Å². The normalized spacial score (nSPS) is 20.3. The van der Waals surface area contributed by atoms with E-state index in [0.29, 0.717) is 45.7 Å². The lowest BCUT2D eigenvalue weighted by Gasteiger charge is -2.49. The van der Waals surface area contributed by atoms with Crippen LogP contribution in [0.5, 0.6) is 11.5 Å². The predicted octanol–water partition coefficient (Wildman–Crippen LogP) is 5.16. The summed E-state index contributed by atoms with van der Waals surface area (Å²) in [5, 5.41) is 5.05. The maximum Gasteiger partial charge on any atom is 0.148 e. The van der Waals surface area contributed by atoms with Crippen LogP contribution < -0.4 is 4.74 Å². The molecule has 0 atom stereocenters. The Labute approximate surface area is 218 Å². The molecule has 1 aliphatic heterocycles. The van der Waals surface area contributed by atoms with Gasteiger partial charge in [-0.1, -0.05) is 11.6 Å². The molecule has 0 bridgehead atoms. The van der Waals surface area contributed by atoms with Crippen molar-refractivity contribution in [2.45, 2.75) is 38.0 Å². The molecular weight excluding hydrogens is 490 g/mol. The summed E-state index contributed by atoms with van der Waals surface area (Å²) in [5.41, 5.74) is 4.75. The Hall–Kier alpha value is -3.53. The van der Waals surface area contributed by atoms with E-state index in [0.717, 1.165) is 54.0 Å². The maximum atomic E-state index is 6.76. The summed E-state index contributed by atoms with van der Waals surface area (Å²) in [7, 11) is 1.79. The lowest BCUT2D eigenvalue weighted by Crippen LogP contribution is -2.59. The highest BCUT2D eigenvalue weighted by atomic mass is 35.5. The highest BCUT2D eigenvalue weighted by molar-refractivity contribution is 6.36. The number of aromatic nitrogens is 6. The average Bonchev–Trinajstić information content (AvgIpc) is 3.47. The minimum atomic E-state index is 0.392. The second kappa shape index (κ2) is 8.79. The molecule has 10 heteroatoms. The number of nitrogens with one attached hydrogen (secondary N) is 1. The van der Waals surface area contributed by atoms with Crippen LogP contribution in [0.25, 0.3) is 33.3 Å². The summed E-state index contributed by atoms with van der Waals surface area (Å²) in [6.45, 7) is 4.00. The van der Waals surface area contributed by atoms with E-state index in [1.807, 2.05) is 43.5 Å². The summed E-state index contributed by atoms with van der Waals surface area (Å²) in [6.07, 6.45) is 8.28. The Kier molecular flexibility index (Phi) is 5.38. The van der Waals surface area contributed by atoms with E-state index in [2.05, 4.69) is 35.8 Å². The summed E-state index contributed by atoms with van der Waals surface area (Å²) in [5.74, 6) is 2.04. The summed E-state index contributed by atoms with van der Waals surface area (Å²) < 4.78 is 13.6. The van der Waals surface area contributed by atoms with Gasteiger partial charge in [-0.25, -0.2) is 9.97 Å². The van der Waals surface area contributed by atoms with Gasteiger partial charge in [-0.15, -0.1) is 0 Å². The van der Waals surface area contributed by atoms with Gasteiger partial charge in [0.25, 0.3) is 0 Å². The third-order valence-electron chi connectivity index (χ3n) is 7.50. The Morgan fingerprint density at radius 1 is 1.03 bits per heavy atom. The molecule has 0 spiro atoms. The van der Waals surface area contributed by atoms with Crippen LogP contribution in [0.2, 0.25) is 5.02 Å². The number of benzene rings is 2. The van der Waals surface area contributed by atoms with Gasteiger partial charge in [-0.2, -0.15) is 5.10 Å². The summed E-state index contributed by atoms with van der Waals surface area (Å²) in [4.78, 5) is 19.6. The molecule has 0 radical (unpaired) electrons. The average molecular weight is 516 g/mol. The smallest absolute Gasteiger partial charge is 0.148 e. The number of hydrogen-bond acceptors (Lipinski definition) is 7. The van der Waals surface area contributed by atoms with Gasteiger partial charge in [0.2, 0.25) is 0 Å². The molecule has 1 saturated carbocycles. The summed E-state index contributed by atoms with van der Waals surface area (Å²) in [6, 6.07) is 10.4. The van der Waals surface area contributed by atoms with E-state index in [1.165, 1.54) is 0 Å². The van der Waals surface area contributed by atoms with Crippen LogP contribution in [0.3, 0.4) is 0 Å². The fourth-order valence-corrected chi connectivity index (χ4v) is 5.45. The highest BCUT2D eigenvalue weighted by Crippen LogP contribution is 2.39. The molecule has 2 aromatic carbocycles. The van der Waals surface area contributed by atoms with Gasteiger partial charge in [-0.3, -0.25) is 14.6 Å². The lowest BCUT2D eigenvalue weighted by atomic mass is 9.83. The molecule has 9 nitrogen and oxygen atoms in total. The first kappa shape index (κ1) is 22.7. The predicted molar refractivity (Wildman–Crippen MR) is 141 cm³/mol. The van der Waals surface area contributed by atoms with Gasteiger partial charge in [-0.05, 0) is 44.0 Å². The molecular formula is C27H26ClN7O2. The third-order valence-corrected chi connectivity index (χ3v) is 7.87. The number of imidazole rings is 1. The van der Waals surface area contributed by atoms with E-state index in [-0.39, 0.29) is 0 Å². The fraction of sp³-hybridized carbons (Fsp3) is 0.333. The van der Waals surface area contributed by atoms with E-state index in [1.54, 1.807) is 13.3 Å². The SMILES string of the molecule is COC1CN([C@H]2C[C@@H](n3cc(-c4cnc5ccc(Oc6ccc7nc(C)[nH]c7c6)c(Cl)c5n4)cn3)C2)C1. The van der Waals surface area contributed by atoms with E-state index in [9.17, 15) is 0 Å². The monoisotopic (exact) mass is 515 g/mol. The van der Waals surface area contributed by atoms with Gasteiger partial charge in [0.05, 0.1) is 46.8 Å². The van der Waals surface area contributed by atoms with E-state index < -0.39 is 0 Å². The van der Waals surface area contributed by atoms with E-state index in [4.69, 9.17) is 26.1 Å². The maximum absolute atomic E-state index is 6.76. The minimum absolute atomic E-state index is 0.392. The molecule has 7 rings (SSSR count). The molecule has 1 N–H and O–H groups in total. The molecule has 0 unspecified atom stereocenters. The third kappa shape index (κ3) is 4.03. The van der Waals surface area contributed by atoms with Gasteiger partial charge in [0.15, 0.2) is 0 Å². The Morgan fingerprint density at radius 2 is 1.86 bits per heavy atom. The molecule has 4 heterocycles. The number of ether oxygens (including phenoxy) is 2. The van der Waals surface area contributed by atoms with Gasteiger partial charge in [0.1, 0.15) is 27.9 Å². The molecule has 2 fully saturated rings. The highest BCUT2D eigenvalue weighted by Gasteiger charge is 2.40. The van der Waals surface area contributed by atoms with Crippen molar-refractivity contribution in [2.24, 2.45) is 0 Å². The van der Waals surface area contributed by atoms with Crippen molar-refractivity contribution in [3.05, 3.63) is 59.8 Å². The second-order valence-corrected chi connectivity index (χ2v) is 10.3. The van der Waals surface area contributed by atoms with Crippen molar-refractivity contribution in [2.75, 3.05) is 20.2 Å². The number of aryl methyl sites for hydroxylation is 1. The van der Waals surface area contributed by atoms with Gasteiger partial charge in [0, 0.05) is 44.1 Å². The molecule has 37 heavy (non-hydrogen) atoms. The van der Waals surface area contributed by atoms with Crippen molar-refractivity contribution >= 4 is 33.7 Å². The van der Waals surface area contributed by atoms with Crippen molar-refractivity contribution in [3.8, 4) is 22.8 Å². The van der Waals surface area contributed by atoms with Crippen LogP contribution in [0.4, 0.5) is 0 Å². The first-order valence-electron chi connectivity index (χ1n) is 12.4. The Balaban J connectivity index is 1.10. The Bertz CT molecular complexity index is 1620. The molecule has 1 saturated heterocycles. The second-order valence-electron chi connectivity index (χ2n) is 9.90. The van der Waals surface area contributed by atoms with Crippen LogP contribution in [-0.2, 0) is 4.74 Å². The van der Waals surface area contributed by atoms with Crippen molar-refractivity contribution in [1.29, 1.82) is 0 Å². The molecule has 5 aromatic rings. The van der Waals surface area contributed by atoms with Crippen molar-refractivity contribution < 1.29 is 9.47 Å². The zero-order valence-electron chi connectivity index (χ0n) is 20.6. The van der Waals surface area contributed by atoms with Crippen LogP contribution in [0, 0.1) is 6.92 Å². The van der Waals surface area contributed by atoms with Crippen molar-refractivity contribution in [3.63, 3.8) is 0 Å². The summed E-state index contributed by atoms with van der Waals surface area (Å²) >= 11 is 6.76. The quantitative estimate of drug-likeness (QED) is 0.334. The van der Waals surface area contributed by atoms with Crippen LogP contribution >= 0.6 is 11.6 Å². The zero-order valence-corrected chi connectivity index (χ0v) is 21.3. The first-order chi connectivity index (χ1) is 18.0. The topological polar surface area (TPSA) is 94.0 Å². The number of aromatic amines is 1. The molecule has 188 valence electrons. The van der Waals surface area contributed by atoms with Gasteiger partial charge < -0.3 is 14.5 Å². The molecule has 3 aromatic heterocycles. The number of nitrogens with zero attached hydrogens (tertiary/aromatic N) is 6. The minimum Gasteiger partial charge on any atom is -0.456 e. The van der Waals surface area contributed by atoms with Crippen LogP contribution in [-0.4, -0.2) is 67.0 Å². The number of H-pyrrole nitrogens is 1. The van der Waals surface area contributed by atoms with Crippen molar-refractivity contribution in [1.82, 2.24) is 34.6 Å². The molecule has 0 amide bonds. The Morgan fingerprint density at radius 3 is 2.70 bits per heavy atom. The van der Waals surface area contributed by atoms with Crippen LogP contribution in [0.15, 0.2) is 48.9 Å². The number of hydrogen-bond donors (Lipinski definition) is 1. The number of halogens is 1. The van der Waals surface area contributed by atoms with E-state index >= 15 is 0 Å². The number of fused-ring (bicyclic) bond motifs is 2. The standard InChI is InChI=1S/C27H26ClN7O2/c1-15-31-21-4-3-19(9-23(21)32-15)37-25-6-5-22-27(26(25)28)33-24(11-29-22)16-10-30-35(12-16)18-7-17(8-18)34-13-20(14-34)36-2/h3-6,9-12,17-18,20H,7-8,13-14H2,1-2H3,(H,31,32)/t17-,18+. The number of methoxy groups -OCH3 is 1. The fourth-order valence-electron chi connectivity index (χ4n) is 5.21. The lowest BCUT2D eigenvalue weighted by molar-refractivity contribution is -0.0764. The van der Waals surface area contributed by atoms with Gasteiger partial charge >= 0.3 is 0 Å². The first-order valence-corrected chi connectivity index (χ1v) is 12.8. The zero-order chi connectivity index (χ0) is 25.1. The number of rotatable bonds is 6. The number of likely N-dealkylation sites (tertiary alicyclic amines) is 1. The molecule has 2 aliphatic rings. The molecule has 1 aliphatic carbocycles.